The van der Waals surface area contributed by atoms with Crippen molar-refractivity contribution in [2.24, 2.45) is 15.4 Å². The number of imide groups is 1. The summed E-state index contributed by atoms with van der Waals surface area (Å²) in [5.41, 5.74) is 0.750. The van der Waals surface area contributed by atoms with Gasteiger partial charge in [0.2, 0.25) is 5.91 Å². The third kappa shape index (κ3) is 5.79. The number of rotatable bonds is 8. The van der Waals surface area contributed by atoms with Gasteiger partial charge in [0, 0.05) is 18.2 Å². The minimum Gasteiger partial charge on any atom is -0.494 e. The lowest BCUT2D eigenvalue weighted by Gasteiger charge is -2.27. The lowest BCUT2D eigenvalue weighted by atomic mass is 9.76. The van der Waals surface area contributed by atoms with Crippen LogP contribution in [0.15, 0.2) is 50.8 Å². The predicted molar refractivity (Wildman–Crippen MR) is 163 cm³/mol. The maximum absolute atomic E-state index is 13.7. The van der Waals surface area contributed by atoms with Crippen LogP contribution >= 0.6 is 0 Å². The second kappa shape index (κ2) is 11.5. The predicted octanol–water partition coefficient (Wildman–Crippen LogP) is 5.87. The molecule has 0 saturated carbocycles. The van der Waals surface area contributed by atoms with E-state index in [0.717, 1.165) is 10.5 Å². The Labute approximate surface area is 248 Å². The van der Waals surface area contributed by atoms with Crippen LogP contribution in [0.2, 0.25) is 0 Å². The molecule has 0 fully saturated rings. The molecule has 0 N–H and O–H groups in total. The Morgan fingerprint density at radius 2 is 1.81 bits per heavy atom. The van der Waals surface area contributed by atoms with Gasteiger partial charge in [-0.1, -0.05) is 33.8 Å². The highest BCUT2D eigenvalue weighted by Gasteiger charge is 2.51. The number of carbonyl (C=O) groups excluding carboxylic acids is 2. The summed E-state index contributed by atoms with van der Waals surface area (Å²) in [6.45, 7) is 15.8. The molecule has 2 amide bonds. The zero-order valence-electron chi connectivity index (χ0n) is 25.6. The number of amides is 2. The standard InChI is InChI=1S/C31H40N4O6S/c1-9-31(10-2)24-16-21(12-15-25(24)35(28(31)36)29(37)41-30(6,7)8)18-32-34(19-20(4)5)27-23-14-13-22(40-11-3)17-26(23)42(38,39)33-27/h12-18,20H,9-11,19H2,1-8H3/b32-18+. The molecule has 0 atom stereocenters. The first kappa shape index (κ1) is 31.2. The van der Waals surface area contributed by atoms with E-state index in [1.54, 1.807) is 56.3 Å². The van der Waals surface area contributed by atoms with Crippen molar-refractivity contribution >= 4 is 39.8 Å². The largest absolute Gasteiger partial charge is 0.494 e. The van der Waals surface area contributed by atoms with E-state index in [0.29, 0.717) is 48.6 Å². The maximum Gasteiger partial charge on any atom is 0.421 e. The summed E-state index contributed by atoms with van der Waals surface area (Å²) >= 11 is 0. The first-order chi connectivity index (χ1) is 19.7. The van der Waals surface area contributed by atoms with E-state index < -0.39 is 27.1 Å². The Kier molecular flexibility index (Phi) is 8.55. The molecule has 2 aromatic carbocycles. The number of nitrogens with zero attached hydrogens (tertiary/aromatic N) is 4. The first-order valence-electron chi connectivity index (χ1n) is 14.3. The molecule has 0 bridgehead atoms. The number of ether oxygens (including phenoxy) is 2. The third-order valence-electron chi connectivity index (χ3n) is 7.29. The number of hydrogen-bond donors (Lipinski definition) is 0. The fraction of sp³-hybridized carbons (Fsp3) is 0.484. The van der Waals surface area contributed by atoms with Crippen LogP contribution in [-0.4, -0.2) is 56.2 Å². The van der Waals surface area contributed by atoms with Gasteiger partial charge < -0.3 is 9.47 Å². The number of sulfonamides is 1. The summed E-state index contributed by atoms with van der Waals surface area (Å²) in [6.07, 6.45) is 1.93. The molecule has 0 spiro atoms. The summed E-state index contributed by atoms with van der Waals surface area (Å²) in [5, 5.41) is 6.27. The SMILES string of the molecule is CCOc1ccc2c(c1)S(=O)(=O)N=C2N(CC(C)C)/N=C/c1ccc2c(c1)C(CC)(CC)C(=O)N2C(=O)OC(C)(C)C. The van der Waals surface area contributed by atoms with Gasteiger partial charge in [0.15, 0.2) is 5.84 Å². The molecule has 2 heterocycles. The van der Waals surface area contributed by atoms with Crippen molar-refractivity contribution in [3.63, 3.8) is 0 Å². The molecule has 226 valence electrons. The molecule has 0 aromatic heterocycles. The molecule has 42 heavy (non-hydrogen) atoms. The Morgan fingerprint density at radius 3 is 2.40 bits per heavy atom. The van der Waals surface area contributed by atoms with Crippen LogP contribution in [0, 0.1) is 5.92 Å². The van der Waals surface area contributed by atoms with Gasteiger partial charge in [0.25, 0.3) is 10.0 Å². The molecule has 0 saturated heterocycles. The Morgan fingerprint density at radius 1 is 1.12 bits per heavy atom. The normalized spacial score (nSPS) is 16.9. The number of benzene rings is 2. The molecule has 0 radical (unpaired) electrons. The smallest absolute Gasteiger partial charge is 0.421 e. The average Bonchev–Trinajstić information content (AvgIpc) is 3.32. The van der Waals surface area contributed by atoms with Crippen molar-refractivity contribution in [2.75, 3.05) is 18.1 Å². The molecular formula is C31H40N4O6S. The van der Waals surface area contributed by atoms with Crippen molar-refractivity contribution in [1.82, 2.24) is 5.01 Å². The Hall–Kier alpha value is -3.73. The minimum atomic E-state index is -3.92. The van der Waals surface area contributed by atoms with Gasteiger partial charge in [0.1, 0.15) is 16.2 Å². The molecule has 0 unspecified atom stereocenters. The molecule has 2 aliphatic rings. The van der Waals surface area contributed by atoms with Gasteiger partial charge in [-0.05, 0) is 81.8 Å². The van der Waals surface area contributed by atoms with E-state index in [9.17, 15) is 18.0 Å². The van der Waals surface area contributed by atoms with Gasteiger partial charge in [-0.2, -0.15) is 13.5 Å². The summed E-state index contributed by atoms with van der Waals surface area (Å²) < 4.78 is 41.1. The topological polar surface area (TPSA) is 118 Å². The van der Waals surface area contributed by atoms with E-state index in [1.807, 2.05) is 40.7 Å². The molecule has 4 rings (SSSR count). The summed E-state index contributed by atoms with van der Waals surface area (Å²) in [7, 11) is -3.92. The monoisotopic (exact) mass is 596 g/mol. The van der Waals surface area contributed by atoms with Crippen molar-refractivity contribution in [2.45, 2.75) is 84.1 Å². The van der Waals surface area contributed by atoms with Crippen molar-refractivity contribution in [3.05, 3.63) is 53.1 Å². The van der Waals surface area contributed by atoms with Gasteiger partial charge in [-0.15, -0.1) is 4.40 Å². The van der Waals surface area contributed by atoms with Crippen LogP contribution in [0.1, 0.15) is 84.9 Å². The number of hydrogen-bond acceptors (Lipinski definition) is 8. The van der Waals surface area contributed by atoms with E-state index in [4.69, 9.17) is 9.47 Å². The fourth-order valence-electron chi connectivity index (χ4n) is 5.30. The van der Waals surface area contributed by atoms with E-state index in [-0.39, 0.29) is 22.6 Å². The van der Waals surface area contributed by atoms with E-state index >= 15 is 0 Å². The van der Waals surface area contributed by atoms with E-state index in [1.165, 1.54) is 6.07 Å². The highest BCUT2D eigenvalue weighted by Crippen LogP contribution is 2.47. The average molecular weight is 597 g/mol. The van der Waals surface area contributed by atoms with Crippen molar-refractivity contribution < 1.29 is 27.5 Å². The molecule has 2 aromatic rings. The highest BCUT2D eigenvalue weighted by molar-refractivity contribution is 7.90. The number of amidine groups is 1. The molecule has 11 heteroatoms. The van der Waals surface area contributed by atoms with Crippen molar-refractivity contribution in [1.29, 1.82) is 0 Å². The van der Waals surface area contributed by atoms with Crippen molar-refractivity contribution in [3.8, 4) is 5.75 Å². The Balaban J connectivity index is 1.74. The van der Waals surface area contributed by atoms with Gasteiger partial charge >= 0.3 is 6.09 Å². The lowest BCUT2D eigenvalue weighted by Crippen LogP contribution is -2.44. The second-order valence-electron chi connectivity index (χ2n) is 11.9. The third-order valence-corrected chi connectivity index (χ3v) is 8.60. The number of hydrazone groups is 1. The van der Waals surface area contributed by atoms with Crippen LogP contribution in [-0.2, 0) is 25.0 Å². The lowest BCUT2D eigenvalue weighted by molar-refractivity contribution is -0.123. The summed E-state index contributed by atoms with van der Waals surface area (Å²) in [5.74, 6) is 0.536. The molecule has 2 aliphatic heterocycles. The Bertz CT molecular complexity index is 1550. The quantitative estimate of drug-likeness (QED) is 0.276. The minimum absolute atomic E-state index is 0.0846. The molecule has 10 nitrogen and oxygen atoms in total. The van der Waals surface area contributed by atoms with Gasteiger partial charge in [0.05, 0.1) is 23.9 Å². The van der Waals surface area contributed by atoms with Crippen LogP contribution in [0.3, 0.4) is 0 Å². The highest BCUT2D eigenvalue weighted by atomic mass is 32.2. The molecular weight excluding hydrogens is 556 g/mol. The van der Waals surface area contributed by atoms with Crippen LogP contribution in [0.4, 0.5) is 10.5 Å². The van der Waals surface area contributed by atoms with E-state index in [2.05, 4.69) is 9.50 Å². The number of anilines is 1. The first-order valence-corrected chi connectivity index (χ1v) is 15.8. The number of carbonyl (C=O) groups is 2. The second-order valence-corrected chi connectivity index (χ2v) is 13.5. The van der Waals surface area contributed by atoms with Crippen LogP contribution in [0.5, 0.6) is 5.75 Å². The fourth-order valence-corrected chi connectivity index (χ4v) is 6.52. The maximum atomic E-state index is 13.7. The summed E-state index contributed by atoms with van der Waals surface area (Å²) in [4.78, 5) is 28.0. The van der Waals surface area contributed by atoms with Crippen LogP contribution < -0.4 is 9.64 Å². The molecule has 0 aliphatic carbocycles. The zero-order chi connectivity index (χ0) is 31.0. The van der Waals surface area contributed by atoms with Gasteiger partial charge in [-0.3, -0.25) is 4.79 Å². The zero-order valence-corrected chi connectivity index (χ0v) is 26.4. The summed E-state index contributed by atoms with van der Waals surface area (Å²) in [6, 6.07) is 10.3. The van der Waals surface area contributed by atoms with Gasteiger partial charge in [-0.25, -0.2) is 14.7 Å². The number of fused-ring (bicyclic) bond motifs is 2. The van der Waals surface area contributed by atoms with Crippen LogP contribution in [0.25, 0.3) is 0 Å².